The van der Waals surface area contributed by atoms with Gasteiger partial charge in [0, 0.05) is 43.2 Å². The van der Waals surface area contributed by atoms with E-state index in [-0.39, 0.29) is 12.7 Å². The predicted molar refractivity (Wildman–Crippen MR) is 115 cm³/mol. The Hall–Kier alpha value is -3.48. The number of amides is 1. The summed E-state index contributed by atoms with van der Waals surface area (Å²) in [7, 11) is 0. The second kappa shape index (κ2) is 8.34. The van der Waals surface area contributed by atoms with Crippen molar-refractivity contribution in [3.63, 3.8) is 0 Å². The lowest BCUT2D eigenvalue weighted by atomic mass is 9.89. The molecule has 0 unspecified atom stereocenters. The fraction of sp³-hybridized carbons (Fsp3) is 0.333. The zero-order valence-corrected chi connectivity index (χ0v) is 17.5. The summed E-state index contributed by atoms with van der Waals surface area (Å²) in [6.07, 6.45) is 7.63. The monoisotopic (exact) mass is 416 g/mol. The molecular weight excluding hydrogens is 392 g/mol. The zero-order valence-electron chi connectivity index (χ0n) is 17.5. The molecule has 1 fully saturated rings. The Labute approximate surface area is 181 Å². The van der Waals surface area contributed by atoms with Crippen LogP contribution in [0.25, 0.3) is 11.1 Å². The predicted octanol–water partition coefficient (Wildman–Crippen LogP) is 3.52. The number of carbonyl (C=O) groups excluding carboxylic acids is 1. The quantitative estimate of drug-likeness (QED) is 0.648. The maximum Gasteiger partial charge on any atom is 0.231 e. The van der Waals surface area contributed by atoms with Gasteiger partial charge in [-0.15, -0.1) is 0 Å². The minimum atomic E-state index is 0.144. The van der Waals surface area contributed by atoms with Gasteiger partial charge in [-0.3, -0.25) is 9.78 Å². The van der Waals surface area contributed by atoms with E-state index in [1.54, 1.807) is 12.4 Å². The second-order valence-electron chi connectivity index (χ2n) is 7.97. The summed E-state index contributed by atoms with van der Waals surface area (Å²) >= 11 is 0. The van der Waals surface area contributed by atoms with E-state index >= 15 is 0 Å². The average Bonchev–Trinajstić information content (AvgIpc) is 3.28. The van der Waals surface area contributed by atoms with Crippen molar-refractivity contribution in [2.45, 2.75) is 32.1 Å². The number of piperidine rings is 1. The van der Waals surface area contributed by atoms with E-state index in [1.807, 2.05) is 48.4 Å². The van der Waals surface area contributed by atoms with Crippen LogP contribution in [-0.2, 0) is 11.2 Å². The minimum absolute atomic E-state index is 0.144. The molecule has 1 amide bonds. The summed E-state index contributed by atoms with van der Waals surface area (Å²) in [4.78, 5) is 28.1. The summed E-state index contributed by atoms with van der Waals surface area (Å²) in [5.41, 5.74) is 4.15. The maximum atomic E-state index is 12.9. The van der Waals surface area contributed by atoms with Gasteiger partial charge in [0.1, 0.15) is 5.82 Å². The largest absolute Gasteiger partial charge is 0.454 e. The highest BCUT2D eigenvalue weighted by Gasteiger charge is 2.27. The molecule has 0 aliphatic carbocycles. The summed E-state index contributed by atoms with van der Waals surface area (Å²) in [5, 5.41) is 0. The number of nitrogens with zero attached hydrogens (tertiary/aromatic N) is 4. The van der Waals surface area contributed by atoms with Gasteiger partial charge in [0.2, 0.25) is 12.7 Å². The number of aryl methyl sites for hydroxylation is 1. The number of hydrogen-bond acceptors (Lipinski definition) is 6. The van der Waals surface area contributed by atoms with E-state index in [2.05, 4.69) is 9.97 Å². The lowest BCUT2D eigenvalue weighted by Gasteiger charge is -2.32. The molecule has 1 aromatic carbocycles. The number of aromatic nitrogens is 3. The van der Waals surface area contributed by atoms with Gasteiger partial charge in [0.25, 0.3) is 0 Å². The van der Waals surface area contributed by atoms with Gasteiger partial charge in [0.05, 0.1) is 12.1 Å². The first-order valence-electron chi connectivity index (χ1n) is 10.6. The minimum Gasteiger partial charge on any atom is -0.454 e. The van der Waals surface area contributed by atoms with Crippen LogP contribution in [0.3, 0.4) is 0 Å². The van der Waals surface area contributed by atoms with Crippen molar-refractivity contribution in [3.05, 3.63) is 66.0 Å². The Morgan fingerprint density at radius 1 is 1.10 bits per heavy atom. The lowest BCUT2D eigenvalue weighted by Crippen LogP contribution is -2.39. The van der Waals surface area contributed by atoms with E-state index in [0.717, 1.165) is 59.9 Å². The van der Waals surface area contributed by atoms with Crippen LogP contribution in [0, 0.1) is 6.92 Å². The number of ether oxygens (including phenoxy) is 2. The van der Waals surface area contributed by atoms with Crippen molar-refractivity contribution in [2.75, 3.05) is 19.9 Å². The van der Waals surface area contributed by atoms with Crippen LogP contribution in [-0.4, -0.2) is 45.6 Å². The molecule has 2 aromatic heterocycles. The number of carbonyl (C=O) groups is 1. The first-order chi connectivity index (χ1) is 15.2. The summed E-state index contributed by atoms with van der Waals surface area (Å²) in [5.74, 6) is 2.67. The fourth-order valence-electron chi connectivity index (χ4n) is 4.29. The maximum absolute atomic E-state index is 12.9. The Bertz CT molecular complexity index is 1100. The molecule has 7 nitrogen and oxygen atoms in total. The average molecular weight is 416 g/mol. The van der Waals surface area contributed by atoms with E-state index < -0.39 is 0 Å². The number of pyridine rings is 1. The van der Waals surface area contributed by atoms with Gasteiger partial charge in [-0.05, 0) is 55.2 Å². The Balaban J connectivity index is 1.27. The highest BCUT2D eigenvalue weighted by molar-refractivity contribution is 5.79. The lowest BCUT2D eigenvalue weighted by molar-refractivity contribution is -0.131. The fourth-order valence-corrected chi connectivity index (χ4v) is 4.29. The number of rotatable bonds is 4. The molecular formula is C24H24N4O3. The molecule has 0 radical (unpaired) electrons. The second-order valence-corrected chi connectivity index (χ2v) is 7.97. The SMILES string of the molecule is Cc1ncc(-c2ccncc2)c(C2CCN(C(=O)Cc3ccc4c(c3)OCO4)CC2)n1. The van der Waals surface area contributed by atoms with Gasteiger partial charge in [-0.1, -0.05) is 6.07 Å². The molecule has 0 atom stereocenters. The van der Waals surface area contributed by atoms with Gasteiger partial charge in [-0.25, -0.2) is 9.97 Å². The summed E-state index contributed by atoms with van der Waals surface area (Å²) in [6.45, 7) is 3.62. The molecule has 2 aliphatic rings. The molecule has 7 heteroatoms. The highest BCUT2D eigenvalue weighted by atomic mass is 16.7. The van der Waals surface area contributed by atoms with Gasteiger partial charge in [0.15, 0.2) is 11.5 Å². The van der Waals surface area contributed by atoms with Crippen molar-refractivity contribution in [2.24, 2.45) is 0 Å². The molecule has 4 heterocycles. The first kappa shape index (κ1) is 19.5. The Morgan fingerprint density at radius 2 is 1.87 bits per heavy atom. The summed E-state index contributed by atoms with van der Waals surface area (Å²) in [6, 6.07) is 9.68. The van der Waals surface area contributed by atoms with Crippen LogP contribution in [0.1, 0.15) is 35.8 Å². The topological polar surface area (TPSA) is 77.4 Å². The molecule has 0 saturated carbocycles. The smallest absolute Gasteiger partial charge is 0.231 e. The normalized spacial score (nSPS) is 15.8. The third kappa shape index (κ3) is 4.08. The van der Waals surface area contributed by atoms with E-state index in [4.69, 9.17) is 14.5 Å². The molecule has 5 rings (SSSR count). The van der Waals surface area contributed by atoms with Crippen molar-refractivity contribution in [1.29, 1.82) is 0 Å². The van der Waals surface area contributed by atoms with Crippen molar-refractivity contribution < 1.29 is 14.3 Å². The Morgan fingerprint density at radius 3 is 2.68 bits per heavy atom. The zero-order chi connectivity index (χ0) is 21.2. The van der Waals surface area contributed by atoms with E-state index in [1.165, 1.54) is 0 Å². The molecule has 1 saturated heterocycles. The molecule has 158 valence electrons. The molecule has 0 N–H and O–H groups in total. The van der Waals surface area contributed by atoms with Crippen LogP contribution in [0.2, 0.25) is 0 Å². The highest BCUT2D eigenvalue weighted by Crippen LogP contribution is 2.35. The van der Waals surface area contributed by atoms with Crippen LogP contribution < -0.4 is 9.47 Å². The van der Waals surface area contributed by atoms with Crippen LogP contribution in [0.4, 0.5) is 0 Å². The van der Waals surface area contributed by atoms with Gasteiger partial charge < -0.3 is 14.4 Å². The third-order valence-corrected chi connectivity index (χ3v) is 5.96. The van der Waals surface area contributed by atoms with Crippen LogP contribution in [0.5, 0.6) is 11.5 Å². The van der Waals surface area contributed by atoms with E-state index in [9.17, 15) is 4.79 Å². The van der Waals surface area contributed by atoms with Crippen LogP contribution >= 0.6 is 0 Å². The molecule has 2 aliphatic heterocycles. The molecule has 0 spiro atoms. The standard InChI is InChI=1S/C24H24N4O3/c1-16-26-14-20(18-4-8-25-9-5-18)24(27-16)19-6-10-28(11-7-19)23(29)13-17-2-3-21-22(12-17)31-15-30-21/h2-5,8-9,12,14,19H,6-7,10-11,13,15H2,1H3. The summed E-state index contributed by atoms with van der Waals surface area (Å²) < 4.78 is 10.8. The Kier molecular flexibility index (Phi) is 5.24. The van der Waals surface area contributed by atoms with Crippen molar-refractivity contribution in [3.8, 4) is 22.6 Å². The van der Waals surface area contributed by atoms with Gasteiger partial charge >= 0.3 is 0 Å². The number of hydrogen-bond donors (Lipinski definition) is 0. The van der Waals surface area contributed by atoms with Crippen LogP contribution in [0.15, 0.2) is 48.9 Å². The molecule has 0 bridgehead atoms. The number of benzene rings is 1. The van der Waals surface area contributed by atoms with Gasteiger partial charge in [-0.2, -0.15) is 0 Å². The van der Waals surface area contributed by atoms with Crippen molar-refractivity contribution in [1.82, 2.24) is 19.9 Å². The first-order valence-corrected chi connectivity index (χ1v) is 10.6. The number of fused-ring (bicyclic) bond motifs is 1. The van der Waals surface area contributed by atoms with E-state index in [0.29, 0.717) is 18.1 Å². The molecule has 31 heavy (non-hydrogen) atoms. The number of likely N-dealkylation sites (tertiary alicyclic amines) is 1. The van der Waals surface area contributed by atoms with Crippen molar-refractivity contribution >= 4 is 5.91 Å². The third-order valence-electron chi connectivity index (χ3n) is 5.96. The molecule has 3 aromatic rings.